The fraction of sp³-hybridized carbons (Fsp3) is 0.600. The van der Waals surface area contributed by atoms with Crippen molar-refractivity contribution in [2.45, 2.75) is 37.8 Å². The van der Waals surface area contributed by atoms with Crippen molar-refractivity contribution < 1.29 is 9.47 Å². The van der Waals surface area contributed by atoms with Gasteiger partial charge in [-0.2, -0.15) is 0 Å². The van der Waals surface area contributed by atoms with Crippen molar-refractivity contribution in [3.05, 3.63) is 29.3 Å². The summed E-state index contributed by atoms with van der Waals surface area (Å²) in [6.07, 6.45) is 4.97. The highest BCUT2D eigenvalue weighted by atomic mass is 16.5. The smallest absolute Gasteiger partial charge is 0.122 e. The molecule has 0 aromatic heterocycles. The van der Waals surface area contributed by atoms with Crippen LogP contribution >= 0.6 is 0 Å². The summed E-state index contributed by atoms with van der Waals surface area (Å²) in [6.45, 7) is 1.72. The normalized spacial score (nSPS) is 24.4. The Morgan fingerprint density at radius 2 is 2.22 bits per heavy atom. The van der Waals surface area contributed by atoms with E-state index in [1.807, 2.05) is 7.05 Å². The second kappa shape index (κ2) is 5.29. The number of hydrogen-bond donors (Lipinski definition) is 1. The molecule has 2 aliphatic rings. The van der Waals surface area contributed by atoms with Crippen molar-refractivity contribution in [2.24, 2.45) is 0 Å². The summed E-state index contributed by atoms with van der Waals surface area (Å²) < 4.78 is 11.5. The first-order valence-electron chi connectivity index (χ1n) is 6.93. The third-order valence-corrected chi connectivity index (χ3v) is 3.97. The lowest BCUT2D eigenvalue weighted by Gasteiger charge is -2.30. The highest BCUT2D eigenvalue weighted by molar-refractivity contribution is 5.41. The topological polar surface area (TPSA) is 30.5 Å². The fourth-order valence-electron chi connectivity index (χ4n) is 3.00. The van der Waals surface area contributed by atoms with E-state index >= 15 is 0 Å². The molecule has 0 radical (unpaired) electrons. The quantitative estimate of drug-likeness (QED) is 0.890. The molecule has 2 atom stereocenters. The molecular formula is C15H21NO2. The van der Waals surface area contributed by atoms with E-state index in [1.54, 1.807) is 0 Å². The molecule has 0 bridgehead atoms. The van der Waals surface area contributed by atoms with Crippen molar-refractivity contribution in [1.82, 2.24) is 5.32 Å². The van der Waals surface area contributed by atoms with Gasteiger partial charge in [0.25, 0.3) is 0 Å². The van der Waals surface area contributed by atoms with Crippen LogP contribution in [0, 0.1) is 0 Å². The summed E-state index contributed by atoms with van der Waals surface area (Å²) in [7, 11) is 2.02. The molecule has 0 spiro atoms. The minimum absolute atomic E-state index is 0.302. The molecule has 0 aliphatic carbocycles. The Kier molecular flexibility index (Phi) is 3.52. The summed E-state index contributed by atoms with van der Waals surface area (Å²) in [5.41, 5.74) is 2.66. The molecule has 3 nitrogen and oxygen atoms in total. The number of likely N-dealkylation sites (N-methyl/N-ethyl adjacent to an activating group) is 1. The largest absolute Gasteiger partial charge is 0.493 e. The highest BCUT2D eigenvalue weighted by Gasteiger charge is 2.25. The van der Waals surface area contributed by atoms with Crippen LogP contribution in [0.5, 0.6) is 5.75 Å². The third-order valence-electron chi connectivity index (χ3n) is 3.97. The standard InChI is InChI=1S/C15H21NO2/c1-16-15(14-4-2-3-8-17-14)12-5-6-13-11(10-12)7-9-18-13/h5-6,10,14-16H,2-4,7-9H2,1H3. The molecule has 1 N–H and O–H groups in total. The molecule has 1 fully saturated rings. The van der Waals surface area contributed by atoms with Gasteiger partial charge in [-0.15, -0.1) is 0 Å². The maximum Gasteiger partial charge on any atom is 0.122 e. The van der Waals surface area contributed by atoms with Crippen LogP contribution in [0.15, 0.2) is 18.2 Å². The lowest BCUT2D eigenvalue weighted by atomic mass is 9.94. The lowest BCUT2D eigenvalue weighted by Crippen LogP contribution is -2.34. The molecular weight excluding hydrogens is 226 g/mol. The monoisotopic (exact) mass is 247 g/mol. The van der Waals surface area contributed by atoms with Gasteiger partial charge in [0, 0.05) is 13.0 Å². The molecule has 1 saturated heterocycles. The Morgan fingerprint density at radius 1 is 1.28 bits per heavy atom. The van der Waals surface area contributed by atoms with E-state index in [-0.39, 0.29) is 0 Å². The van der Waals surface area contributed by atoms with E-state index < -0.39 is 0 Å². The minimum atomic E-state index is 0.302. The van der Waals surface area contributed by atoms with Gasteiger partial charge in [-0.25, -0.2) is 0 Å². The van der Waals surface area contributed by atoms with Crippen molar-refractivity contribution in [3.63, 3.8) is 0 Å². The van der Waals surface area contributed by atoms with E-state index in [1.165, 1.54) is 24.0 Å². The number of ether oxygens (including phenoxy) is 2. The molecule has 1 aromatic rings. The van der Waals surface area contributed by atoms with E-state index in [4.69, 9.17) is 9.47 Å². The van der Waals surface area contributed by atoms with Crippen LogP contribution in [0.3, 0.4) is 0 Å². The zero-order valence-corrected chi connectivity index (χ0v) is 10.9. The average Bonchev–Trinajstić information content (AvgIpc) is 2.88. The number of rotatable bonds is 3. The number of hydrogen-bond acceptors (Lipinski definition) is 3. The fourth-order valence-corrected chi connectivity index (χ4v) is 3.00. The predicted octanol–water partition coefficient (Wildman–Crippen LogP) is 2.45. The average molecular weight is 247 g/mol. The van der Waals surface area contributed by atoms with Crippen LogP contribution in [-0.2, 0) is 11.2 Å². The second-order valence-corrected chi connectivity index (χ2v) is 5.14. The highest BCUT2D eigenvalue weighted by Crippen LogP contribution is 2.31. The van der Waals surface area contributed by atoms with Crippen LogP contribution in [0.25, 0.3) is 0 Å². The molecule has 0 amide bonds. The molecule has 3 rings (SSSR count). The maximum absolute atomic E-state index is 5.91. The zero-order valence-electron chi connectivity index (χ0n) is 10.9. The second-order valence-electron chi connectivity index (χ2n) is 5.14. The number of benzene rings is 1. The van der Waals surface area contributed by atoms with Crippen LogP contribution < -0.4 is 10.1 Å². The summed E-state index contributed by atoms with van der Waals surface area (Å²) in [5, 5.41) is 3.41. The maximum atomic E-state index is 5.91. The Labute approximate surface area is 108 Å². The van der Waals surface area contributed by atoms with Crippen LogP contribution in [0.1, 0.15) is 36.4 Å². The summed E-state index contributed by atoms with van der Waals surface area (Å²) >= 11 is 0. The molecule has 0 saturated carbocycles. The van der Waals surface area contributed by atoms with Gasteiger partial charge >= 0.3 is 0 Å². The van der Waals surface area contributed by atoms with Gasteiger partial charge in [-0.05, 0) is 43.5 Å². The van der Waals surface area contributed by atoms with Gasteiger partial charge in [-0.1, -0.05) is 12.1 Å². The van der Waals surface area contributed by atoms with Crippen molar-refractivity contribution in [2.75, 3.05) is 20.3 Å². The van der Waals surface area contributed by atoms with Crippen LogP contribution in [0.2, 0.25) is 0 Å². The van der Waals surface area contributed by atoms with Crippen molar-refractivity contribution in [1.29, 1.82) is 0 Å². The van der Waals surface area contributed by atoms with Crippen LogP contribution in [0.4, 0.5) is 0 Å². The predicted molar refractivity (Wildman–Crippen MR) is 71.0 cm³/mol. The minimum Gasteiger partial charge on any atom is -0.493 e. The first-order chi connectivity index (χ1) is 8.88. The van der Waals surface area contributed by atoms with E-state index in [2.05, 4.69) is 23.5 Å². The third kappa shape index (κ3) is 2.25. The first-order valence-corrected chi connectivity index (χ1v) is 6.93. The van der Waals surface area contributed by atoms with Crippen molar-refractivity contribution in [3.8, 4) is 5.75 Å². The van der Waals surface area contributed by atoms with Gasteiger partial charge in [0.1, 0.15) is 5.75 Å². The molecule has 18 heavy (non-hydrogen) atoms. The van der Waals surface area contributed by atoms with E-state index in [0.717, 1.165) is 31.8 Å². The molecule has 2 unspecified atom stereocenters. The lowest BCUT2D eigenvalue weighted by molar-refractivity contribution is -0.00663. The van der Waals surface area contributed by atoms with E-state index in [9.17, 15) is 0 Å². The number of nitrogens with one attached hydrogen (secondary N) is 1. The van der Waals surface area contributed by atoms with Crippen molar-refractivity contribution >= 4 is 0 Å². The van der Waals surface area contributed by atoms with Gasteiger partial charge in [0.15, 0.2) is 0 Å². The van der Waals surface area contributed by atoms with E-state index in [0.29, 0.717) is 12.1 Å². The van der Waals surface area contributed by atoms with Gasteiger partial charge in [-0.3, -0.25) is 0 Å². The summed E-state index contributed by atoms with van der Waals surface area (Å²) in [4.78, 5) is 0. The molecule has 2 aliphatic heterocycles. The van der Waals surface area contributed by atoms with Gasteiger partial charge in [0.05, 0.1) is 18.8 Å². The zero-order chi connectivity index (χ0) is 12.4. The summed E-state index contributed by atoms with van der Waals surface area (Å²) in [5.74, 6) is 1.05. The Bertz CT molecular complexity index is 413. The van der Waals surface area contributed by atoms with Crippen LogP contribution in [-0.4, -0.2) is 26.4 Å². The Morgan fingerprint density at radius 3 is 3.00 bits per heavy atom. The SMILES string of the molecule is CNC(c1ccc2c(c1)CCO2)C1CCCCO1. The molecule has 1 aromatic carbocycles. The Hall–Kier alpha value is -1.06. The molecule has 2 heterocycles. The molecule has 3 heteroatoms. The summed E-state index contributed by atoms with van der Waals surface area (Å²) in [6, 6.07) is 6.85. The Balaban J connectivity index is 1.82. The van der Waals surface area contributed by atoms with Gasteiger partial charge < -0.3 is 14.8 Å². The van der Waals surface area contributed by atoms with Gasteiger partial charge in [0.2, 0.25) is 0 Å². The first kappa shape index (κ1) is 12.0. The number of fused-ring (bicyclic) bond motifs is 1. The molecule has 98 valence electrons.